The van der Waals surface area contributed by atoms with Crippen molar-refractivity contribution in [2.75, 3.05) is 12.8 Å². The number of nitrogen functional groups attached to an aromatic ring is 1. The van der Waals surface area contributed by atoms with Crippen molar-refractivity contribution in [1.82, 2.24) is 9.78 Å². The van der Waals surface area contributed by atoms with Gasteiger partial charge >= 0.3 is 12.1 Å². The van der Waals surface area contributed by atoms with E-state index in [9.17, 15) is 23.2 Å². The van der Waals surface area contributed by atoms with E-state index in [4.69, 9.17) is 5.73 Å². The van der Waals surface area contributed by atoms with Crippen LogP contribution in [0.25, 0.3) is 16.8 Å². The summed E-state index contributed by atoms with van der Waals surface area (Å²) in [5.41, 5.74) is 6.53. The largest absolute Gasteiger partial charge is 0.465 e. The summed E-state index contributed by atoms with van der Waals surface area (Å²) in [7, 11) is 1.22. The lowest BCUT2D eigenvalue weighted by molar-refractivity contribution is -0.164. The van der Waals surface area contributed by atoms with Gasteiger partial charge in [-0.2, -0.15) is 23.5 Å². The lowest BCUT2D eigenvalue weighted by atomic mass is 10.0. The van der Waals surface area contributed by atoms with Gasteiger partial charge in [0.2, 0.25) is 0 Å². The Morgan fingerprint density at radius 1 is 1.38 bits per heavy atom. The van der Waals surface area contributed by atoms with Gasteiger partial charge in [0.25, 0.3) is 0 Å². The number of hydrogen-bond donors (Lipinski definition) is 1. The molecule has 9 heteroatoms. The van der Waals surface area contributed by atoms with Crippen LogP contribution in [0.15, 0.2) is 30.8 Å². The van der Waals surface area contributed by atoms with E-state index in [0.29, 0.717) is 15.8 Å². The molecular formula is C17H15F3N4O2. The van der Waals surface area contributed by atoms with Crippen molar-refractivity contribution >= 4 is 17.4 Å². The Hall–Kier alpha value is -3.28. The summed E-state index contributed by atoms with van der Waals surface area (Å²) in [6.45, 7) is 4.51. The molecule has 2 rings (SSSR count). The van der Waals surface area contributed by atoms with Gasteiger partial charge in [0.05, 0.1) is 12.7 Å². The zero-order valence-corrected chi connectivity index (χ0v) is 14.0. The van der Waals surface area contributed by atoms with E-state index in [1.54, 1.807) is 6.07 Å². The molecule has 0 saturated carbocycles. The van der Waals surface area contributed by atoms with Gasteiger partial charge in [-0.3, -0.25) is 0 Å². The maximum absolute atomic E-state index is 13.0. The van der Waals surface area contributed by atoms with E-state index < -0.39 is 18.2 Å². The lowest BCUT2D eigenvalue weighted by Gasteiger charge is -2.17. The Morgan fingerprint density at radius 3 is 2.42 bits per heavy atom. The number of nitriles is 1. The lowest BCUT2D eigenvalue weighted by Crippen LogP contribution is -2.25. The number of benzene rings is 1. The number of nitrogens with two attached hydrogens (primary N) is 1. The average Bonchev–Trinajstić information content (AvgIpc) is 2.95. The van der Waals surface area contributed by atoms with Crippen LogP contribution in [-0.2, 0) is 9.53 Å². The van der Waals surface area contributed by atoms with Gasteiger partial charge in [0, 0.05) is 5.56 Å². The van der Waals surface area contributed by atoms with Crippen LogP contribution in [0.1, 0.15) is 24.1 Å². The Balaban J connectivity index is 2.48. The molecule has 26 heavy (non-hydrogen) atoms. The highest BCUT2D eigenvalue weighted by Crippen LogP contribution is 2.35. The van der Waals surface area contributed by atoms with E-state index in [1.165, 1.54) is 31.4 Å². The topological polar surface area (TPSA) is 93.9 Å². The van der Waals surface area contributed by atoms with Crippen LogP contribution in [0, 0.1) is 11.3 Å². The van der Waals surface area contributed by atoms with Gasteiger partial charge in [-0.15, -0.1) is 0 Å². The second-order valence-electron chi connectivity index (χ2n) is 5.43. The van der Waals surface area contributed by atoms with Crippen molar-refractivity contribution in [3.63, 3.8) is 0 Å². The fourth-order valence-electron chi connectivity index (χ4n) is 2.26. The molecule has 0 fully saturated rings. The van der Waals surface area contributed by atoms with Crippen molar-refractivity contribution in [3.05, 3.63) is 42.0 Å². The van der Waals surface area contributed by atoms with Crippen molar-refractivity contribution in [2.24, 2.45) is 0 Å². The van der Waals surface area contributed by atoms with Crippen LogP contribution in [0.3, 0.4) is 0 Å². The molecule has 0 spiro atoms. The fraction of sp³-hybridized carbons (Fsp3) is 0.235. The Kier molecular flexibility index (Phi) is 5.07. The molecule has 0 aliphatic rings. The number of carbonyl (C=O) groups is 1. The number of methoxy groups -OCH3 is 1. The van der Waals surface area contributed by atoms with Crippen LogP contribution < -0.4 is 5.73 Å². The summed E-state index contributed by atoms with van der Waals surface area (Å²) < 4.78 is 44.0. The van der Waals surface area contributed by atoms with Crippen molar-refractivity contribution in [3.8, 4) is 17.3 Å². The zero-order chi connectivity index (χ0) is 19.6. The smallest absolute Gasteiger partial charge is 0.410 e. The van der Waals surface area contributed by atoms with Gasteiger partial charge in [-0.25, -0.2) is 9.48 Å². The van der Waals surface area contributed by atoms with Gasteiger partial charge in [-0.1, -0.05) is 30.8 Å². The summed E-state index contributed by atoms with van der Waals surface area (Å²) in [6, 6.07) is 5.87. The quantitative estimate of drug-likeness (QED) is 0.663. The molecule has 1 aromatic heterocycles. The molecule has 2 N–H and O–H groups in total. The second-order valence-corrected chi connectivity index (χ2v) is 5.43. The third kappa shape index (κ3) is 3.39. The monoisotopic (exact) mass is 364 g/mol. The van der Waals surface area contributed by atoms with E-state index in [-0.39, 0.29) is 22.6 Å². The van der Waals surface area contributed by atoms with Crippen molar-refractivity contribution in [2.45, 2.75) is 19.1 Å². The molecule has 0 amide bonds. The molecule has 6 nitrogen and oxygen atoms in total. The molecule has 1 atom stereocenters. The van der Waals surface area contributed by atoms with Crippen LogP contribution in [0.2, 0.25) is 0 Å². The zero-order valence-electron chi connectivity index (χ0n) is 14.0. The summed E-state index contributed by atoms with van der Waals surface area (Å²) >= 11 is 0. The summed E-state index contributed by atoms with van der Waals surface area (Å²) in [6.07, 6.45) is -4.56. The van der Waals surface area contributed by atoms with Crippen molar-refractivity contribution in [1.29, 1.82) is 5.26 Å². The highest BCUT2D eigenvalue weighted by molar-refractivity contribution is 6.15. The van der Waals surface area contributed by atoms with Crippen LogP contribution in [-0.4, -0.2) is 29.0 Å². The average molecular weight is 364 g/mol. The highest BCUT2D eigenvalue weighted by Gasteiger charge is 2.40. The van der Waals surface area contributed by atoms with E-state index in [0.717, 1.165) is 6.92 Å². The number of rotatable bonds is 4. The molecule has 136 valence electrons. The summed E-state index contributed by atoms with van der Waals surface area (Å²) in [5, 5.41) is 13.1. The van der Waals surface area contributed by atoms with E-state index in [2.05, 4.69) is 16.4 Å². The minimum Gasteiger partial charge on any atom is -0.465 e. The summed E-state index contributed by atoms with van der Waals surface area (Å²) in [4.78, 5) is 11.5. The summed E-state index contributed by atoms with van der Waals surface area (Å²) in [5.74, 6) is -0.974. The van der Waals surface area contributed by atoms with Crippen molar-refractivity contribution < 1.29 is 22.7 Å². The third-order valence-corrected chi connectivity index (χ3v) is 3.84. The molecule has 1 heterocycles. The van der Waals surface area contributed by atoms with Gasteiger partial charge in [0.1, 0.15) is 29.2 Å². The first kappa shape index (κ1) is 19.1. The Morgan fingerprint density at radius 2 is 1.96 bits per heavy atom. The minimum atomic E-state index is -4.56. The maximum Gasteiger partial charge on any atom is 0.410 e. The molecular weight excluding hydrogens is 349 g/mol. The molecule has 1 aromatic carbocycles. The number of alkyl halides is 3. The standard InChI is InChI=1S/C17H15F3N4O2/c1-9(16(25)26-3)11-4-6-12(7-5-11)14-13(8-21)15(22)24(23-14)10(2)17(18,19)20/h4-7,10H,1,22H2,2-3H3. The SMILES string of the molecule is C=C(C(=O)OC)c1ccc(-c2nn(C(C)C(F)(F)F)c(N)c2C#N)cc1. The van der Waals surface area contributed by atoms with E-state index in [1.807, 2.05) is 0 Å². The Bertz CT molecular complexity index is 892. The number of carbonyl (C=O) groups excluding carboxylic acids is 1. The normalized spacial score (nSPS) is 12.3. The number of hydrogen-bond acceptors (Lipinski definition) is 5. The number of halogens is 3. The second kappa shape index (κ2) is 6.92. The predicted molar refractivity (Wildman–Crippen MR) is 88.6 cm³/mol. The predicted octanol–water partition coefficient (Wildman–Crippen LogP) is 3.31. The molecule has 0 radical (unpaired) electrons. The molecule has 0 aliphatic heterocycles. The third-order valence-electron chi connectivity index (χ3n) is 3.84. The number of nitrogens with zero attached hydrogens (tertiary/aromatic N) is 3. The molecule has 0 saturated heterocycles. The van der Waals surface area contributed by atoms with Gasteiger partial charge < -0.3 is 10.5 Å². The first-order chi connectivity index (χ1) is 12.1. The molecule has 1 unspecified atom stereocenters. The number of aromatic nitrogens is 2. The van der Waals surface area contributed by atoms with Gasteiger partial charge in [0.15, 0.2) is 0 Å². The molecule has 2 aromatic rings. The number of anilines is 1. The van der Waals surface area contributed by atoms with Crippen LogP contribution >= 0.6 is 0 Å². The highest BCUT2D eigenvalue weighted by atomic mass is 19.4. The Labute approximate surface area is 147 Å². The molecule has 0 aliphatic carbocycles. The van der Waals surface area contributed by atoms with Crippen LogP contribution in [0.4, 0.5) is 19.0 Å². The van der Waals surface area contributed by atoms with Gasteiger partial charge in [-0.05, 0) is 12.5 Å². The number of ether oxygens (including phenoxy) is 1. The molecule has 0 bridgehead atoms. The minimum absolute atomic E-state index is 0.0244. The maximum atomic E-state index is 13.0. The first-order valence-corrected chi connectivity index (χ1v) is 7.34. The van der Waals surface area contributed by atoms with Crippen LogP contribution in [0.5, 0.6) is 0 Å². The fourth-order valence-corrected chi connectivity index (χ4v) is 2.26. The number of esters is 1. The van der Waals surface area contributed by atoms with E-state index >= 15 is 0 Å². The first-order valence-electron chi connectivity index (χ1n) is 7.34.